The Hall–Kier alpha value is -3.56. The Kier molecular flexibility index (Phi) is 7.34. The molecular formula is C23H24N2O6S. The number of anilines is 1. The van der Waals surface area contributed by atoms with E-state index in [-0.39, 0.29) is 17.3 Å². The summed E-state index contributed by atoms with van der Waals surface area (Å²) in [7, 11) is -0.609. The Morgan fingerprint density at radius 3 is 2.38 bits per heavy atom. The average molecular weight is 457 g/mol. The SMILES string of the molecule is COc1cc(C)c(NC(=O)/C=C/c2ccc(S(=O)(=O)NCc3ccco3)cc2)cc1OC. The molecule has 0 aliphatic heterocycles. The standard InChI is InChI=1S/C23H24N2O6S/c1-16-13-21(29-2)22(30-3)14-20(16)25-23(26)11-8-17-6-9-19(10-7-17)32(27,28)24-15-18-5-4-12-31-18/h4-14,24H,15H2,1-3H3,(H,25,26)/b11-8+. The molecule has 0 atom stereocenters. The van der Waals surface area contributed by atoms with Gasteiger partial charge in [0.1, 0.15) is 5.76 Å². The van der Waals surface area contributed by atoms with E-state index in [2.05, 4.69) is 10.0 Å². The van der Waals surface area contributed by atoms with E-state index >= 15 is 0 Å². The first-order valence-electron chi connectivity index (χ1n) is 9.66. The summed E-state index contributed by atoms with van der Waals surface area (Å²) >= 11 is 0. The second kappa shape index (κ2) is 10.2. The van der Waals surface area contributed by atoms with Crippen LogP contribution in [0.2, 0.25) is 0 Å². The molecule has 0 radical (unpaired) electrons. The maximum atomic E-state index is 12.4. The monoisotopic (exact) mass is 456 g/mol. The van der Waals surface area contributed by atoms with Gasteiger partial charge in [-0.15, -0.1) is 0 Å². The van der Waals surface area contributed by atoms with E-state index in [0.717, 1.165) is 5.56 Å². The number of hydrogen-bond acceptors (Lipinski definition) is 6. The van der Waals surface area contributed by atoms with Crippen molar-refractivity contribution < 1.29 is 27.1 Å². The predicted molar refractivity (Wildman–Crippen MR) is 121 cm³/mol. The van der Waals surface area contributed by atoms with Gasteiger partial charge in [0.15, 0.2) is 11.5 Å². The molecule has 1 aromatic heterocycles. The number of amides is 1. The normalized spacial score (nSPS) is 11.5. The molecule has 1 amide bonds. The van der Waals surface area contributed by atoms with Gasteiger partial charge >= 0.3 is 0 Å². The third-order valence-electron chi connectivity index (χ3n) is 4.62. The number of hydrogen-bond donors (Lipinski definition) is 2. The fourth-order valence-corrected chi connectivity index (χ4v) is 3.88. The number of furan rings is 1. The minimum absolute atomic E-state index is 0.0622. The van der Waals surface area contributed by atoms with E-state index in [9.17, 15) is 13.2 Å². The first-order valence-corrected chi connectivity index (χ1v) is 11.1. The lowest BCUT2D eigenvalue weighted by molar-refractivity contribution is -0.111. The highest BCUT2D eigenvalue weighted by Gasteiger charge is 2.14. The van der Waals surface area contributed by atoms with Gasteiger partial charge < -0.3 is 19.2 Å². The molecule has 168 valence electrons. The van der Waals surface area contributed by atoms with Crippen molar-refractivity contribution in [3.05, 3.63) is 77.8 Å². The van der Waals surface area contributed by atoms with Crippen LogP contribution in [0.1, 0.15) is 16.9 Å². The molecule has 32 heavy (non-hydrogen) atoms. The van der Waals surface area contributed by atoms with Gasteiger partial charge in [-0.2, -0.15) is 0 Å². The van der Waals surface area contributed by atoms with Crippen molar-refractivity contribution in [2.24, 2.45) is 0 Å². The van der Waals surface area contributed by atoms with Crippen LogP contribution in [-0.2, 0) is 21.4 Å². The fourth-order valence-electron chi connectivity index (χ4n) is 2.88. The number of nitrogens with one attached hydrogen (secondary N) is 2. The van der Waals surface area contributed by atoms with Crippen molar-refractivity contribution in [1.82, 2.24) is 4.72 Å². The van der Waals surface area contributed by atoms with Gasteiger partial charge in [-0.1, -0.05) is 12.1 Å². The summed E-state index contributed by atoms with van der Waals surface area (Å²) < 4.78 is 42.9. The van der Waals surface area contributed by atoms with Gasteiger partial charge in [0.2, 0.25) is 15.9 Å². The number of aryl methyl sites for hydroxylation is 1. The molecule has 0 bridgehead atoms. The Balaban J connectivity index is 1.63. The van der Waals surface area contributed by atoms with Crippen molar-refractivity contribution in [3.8, 4) is 11.5 Å². The summed E-state index contributed by atoms with van der Waals surface area (Å²) in [6.07, 6.45) is 4.44. The van der Waals surface area contributed by atoms with Crippen LogP contribution >= 0.6 is 0 Å². The number of methoxy groups -OCH3 is 2. The minimum Gasteiger partial charge on any atom is -0.493 e. The summed E-state index contributed by atoms with van der Waals surface area (Å²) in [6.45, 7) is 1.91. The lowest BCUT2D eigenvalue weighted by Crippen LogP contribution is -2.22. The Morgan fingerprint density at radius 1 is 1.06 bits per heavy atom. The van der Waals surface area contributed by atoms with Crippen LogP contribution in [0.5, 0.6) is 11.5 Å². The highest BCUT2D eigenvalue weighted by Crippen LogP contribution is 2.32. The molecule has 0 unspecified atom stereocenters. The summed E-state index contributed by atoms with van der Waals surface area (Å²) in [6, 6.07) is 13.0. The zero-order valence-electron chi connectivity index (χ0n) is 17.9. The van der Waals surface area contributed by atoms with Crippen LogP contribution < -0.4 is 19.5 Å². The van der Waals surface area contributed by atoms with Gasteiger partial charge in [0.05, 0.1) is 31.9 Å². The van der Waals surface area contributed by atoms with Crippen molar-refractivity contribution in [3.63, 3.8) is 0 Å². The van der Waals surface area contributed by atoms with Crippen LogP contribution in [0.3, 0.4) is 0 Å². The largest absolute Gasteiger partial charge is 0.493 e. The smallest absolute Gasteiger partial charge is 0.248 e. The molecule has 0 aliphatic carbocycles. The van der Waals surface area contributed by atoms with Crippen LogP contribution in [-0.4, -0.2) is 28.5 Å². The third-order valence-corrected chi connectivity index (χ3v) is 6.04. The summed E-state index contributed by atoms with van der Waals surface area (Å²) in [5.74, 6) is 1.27. The van der Waals surface area contributed by atoms with E-state index in [0.29, 0.717) is 28.5 Å². The Morgan fingerprint density at radius 2 is 1.75 bits per heavy atom. The van der Waals surface area contributed by atoms with Crippen molar-refractivity contribution >= 4 is 27.7 Å². The van der Waals surface area contributed by atoms with E-state index in [4.69, 9.17) is 13.9 Å². The highest BCUT2D eigenvalue weighted by atomic mass is 32.2. The first-order chi connectivity index (χ1) is 15.3. The van der Waals surface area contributed by atoms with Crippen molar-refractivity contribution in [1.29, 1.82) is 0 Å². The molecular weight excluding hydrogens is 432 g/mol. The lowest BCUT2D eigenvalue weighted by atomic mass is 10.1. The third kappa shape index (κ3) is 5.77. The summed E-state index contributed by atoms with van der Waals surface area (Å²) in [5, 5.41) is 2.80. The summed E-state index contributed by atoms with van der Waals surface area (Å²) in [4.78, 5) is 12.4. The molecule has 0 saturated carbocycles. The van der Waals surface area contributed by atoms with E-state index in [1.165, 1.54) is 31.6 Å². The van der Waals surface area contributed by atoms with E-state index in [1.54, 1.807) is 49.6 Å². The van der Waals surface area contributed by atoms with Gasteiger partial charge in [-0.25, -0.2) is 13.1 Å². The van der Waals surface area contributed by atoms with Crippen molar-refractivity contribution in [2.75, 3.05) is 19.5 Å². The number of carbonyl (C=O) groups is 1. The van der Waals surface area contributed by atoms with E-state index in [1.807, 2.05) is 6.92 Å². The Labute approximate surface area is 186 Å². The molecule has 1 heterocycles. The predicted octanol–water partition coefficient (Wildman–Crippen LogP) is 3.74. The molecule has 2 N–H and O–H groups in total. The minimum atomic E-state index is -3.68. The zero-order valence-corrected chi connectivity index (χ0v) is 18.7. The van der Waals surface area contributed by atoms with Gasteiger partial charge in [0.25, 0.3) is 0 Å². The van der Waals surface area contributed by atoms with Crippen LogP contribution in [0, 0.1) is 6.92 Å². The number of benzene rings is 2. The highest BCUT2D eigenvalue weighted by molar-refractivity contribution is 7.89. The molecule has 0 fully saturated rings. The molecule has 0 spiro atoms. The first kappa shape index (κ1) is 23.1. The zero-order chi connectivity index (χ0) is 23.1. The lowest BCUT2D eigenvalue weighted by Gasteiger charge is -2.12. The second-order valence-corrected chi connectivity index (χ2v) is 8.58. The Bertz CT molecular complexity index is 1200. The molecule has 2 aromatic carbocycles. The number of sulfonamides is 1. The fraction of sp³-hybridized carbons (Fsp3) is 0.174. The maximum Gasteiger partial charge on any atom is 0.248 e. The average Bonchev–Trinajstić information content (AvgIpc) is 3.31. The maximum absolute atomic E-state index is 12.4. The number of ether oxygens (including phenoxy) is 2. The molecule has 3 rings (SSSR count). The number of carbonyl (C=O) groups excluding carboxylic acids is 1. The molecule has 8 nitrogen and oxygen atoms in total. The van der Waals surface area contributed by atoms with E-state index < -0.39 is 10.0 Å². The second-order valence-electron chi connectivity index (χ2n) is 6.82. The summed E-state index contributed by atoms with van der Waals surface area (Å²) in [5.41, 5.74) is 2.09. The van der Waals surface area contributed by atoms with Gasteiger partial charge in [-0.05, 0) is 54.5 Å². The van der Waals surface area contributed by atoms with Crippen LogP contribution in [0.4, 0.5) is 5.69 Å². The number of rotatable bonds is 9. The topological polar surface area (TPSA) is 107 Å². The van der Waals surface area contributed by atoms with Gasteiger partial charge in [0, 0.05) is 17.8 Å². The molecule has 9 heteroatoms. The quantitative estimate of drug-likeness (QED) is 0.475. The van der Waals surface area contributed by atoms with Crippen LogP contribution in [0.15, 0.2) is 70.2 Å². The molecule has 3 aromatic rings. The van der Waals surface area contributed by atoms with Crippen molar-refractivity contribution in [2.45, 2.75) is 18.4 Å². The van der Waals surface area contributed by atoms with Crippen LogP contribution in [0.25, 0.3) is 6.08 Å². The van der Waals surface area contributed by atoms with Gasteiger partial charge in [-0.3, -0.25) is 4.79 Å². The molecule has 0 aliphatic rings. The molecule has 0 saturated heterocycles.